The van der Waals surface area contributed by atoms with Crippen molar-refractivity contribution in [3.63, 3.8) is 0 Å². The molecular formula is C15H10ClNO4. The molecule has 0 spiro atoms. The second kappa shape index (κ2) is 5.10. The molecule has 0 radical (unpaired) electrons. The van der Waals surface area contributed by atoms with E-state index in [0.717, 1.165) is 5.56 Å². The van der Waals surface area contributed by atoms with Gasteiger partial charge in [-0.1, -0.05) is 17.7 Å². The van der Waals surface area contributed by atoms with Gasteiger partial charge in [0.25, 0.3) is 0 Å². The maximum atomic E-state index is 10.9. The summed E-state index contributed by atoms with van der Waals surface area (Å²) in [7, 11) is 0. The molecule has 0 atom stereocenters. The predicted molar refractivity (Wildman–Crippen MR) is 77.2 cm³/mol. The number of fused-ring (bicyclic) bond motifs is 1. The number of aromatic carboxylic acids is 1. The first kappa shape index (κ1) is 13.5. The van der Waals surface area contributed by atoms with Crippen molar-refractivity contribution in [1.29, 1.82) is 0 Å². The Morgan fingerprint density at radius 2 is 2.10 bits per heavy atom. The summed E-state index contributed by atoms with van der Waals surface area (Å²) in [5.41, 5.74) is 1.89. The van der Waals surface area contributed by atoms with Gasteiger partial charge in [0.2, 0.25) is 0 Å². The van der Waals surface area contributed by atoms with Gasteiger partial charge in [-0.25, -0.2) is 4.79 Å². The molecule has 0 bridgehead atoms. The quantitative estimate of drug-likeness (QED) is 0.781. The van der Waals surface area contributed by atoms with Crippen LogP contribution < -0.4 is 4.74 Å². The highest BCUT2D eigenvalue weighted by atomic mass is 35.5. The number of nitrogens with zero attached hydrogens (tertiary/aromatic N) is 1. The van der Waals surface area contributed by atoms with E-state index >= 15 is 0 Å². The fourth-order valence-electron chi connectivity index (χ4n) is 1.86. The van der Waals surface area contributed by atoms with Gasteiger partial charge >= 0.3 is 12.0 Å². The van der Waals surface area contributed by atoms with E-state index in [4.69, 9.17) is 25.9 Å². The number of hydrogen-bond donors (Lipinski definition) is 1. The molecule has 1 aromatic heterocycles. The Morgan fingerprint density at radius 1 is 1.29 bits per heavy atom. The third-order valence-electron chi connectivity index (χ3n) is 2.96. The zero-order valence-electron chi connectivity index (χ0n) is 11.0. The highest BCUT2D eigenvalue weighted by molar-refractivity contribution is 6.30. The lowest BCUT2D eigenvalue weighted by molar-refractivity contribution is 0.0697. The van der Waals surface area contributed by atoms with Crippen LogP contribution in [0, 0.1) is 6.92 Å². The standard InChI is InChI=1S/C15H10ClNO4/c1-8-2-4-10(16)7-12(8)20-15-17-11-5-3-9(14(18)19)6-13(11)21-15/h2-7H,1H3,(H,18,19). The zero-order valence-corrected chi connectivity index (χ0v) is 11.7. The minimum atomic E-state index is -1.03. The van der Waals surface area contributed by atoms with Crippen molar-refractivity contribution in [3.05, 3.63) is 52.5 Å². The van der Waals surface area contributed by atoms with Gasteiger partial charge in [-0.2, -0.15) is 4.98 Å². The molecule has 0 saturated heterocycles. The van der Waals surface area contributed by atoms with E-state index in [9.17, 15) is 4.79 Å². The van der Waals surface area contributed by atoms with Crippen molar-refractivity contribution in [3.8, 4) is 11.8 Å². The number of ether oxygens (including phenoxy) is 1. The molecule has 6 heteroatoms. The van der Waals surface area contributed by atoms with Crippen LogP contribution in [0.4, 0.5) is 0 Å². The molecule has 21 heavy (non-hydrogen) atoms. The van der Waals surface area contributed by atoms with E-state index in [-0.39, 0.29) is 11.6 Å². The minimum absolute atomic E-state index is 0.0397. The summed E-state index contributed by atoms with van der Waals surface area (Å²) in [6.07, 6.45) is 0.0397. The fourth-order valence-corrected chi connectivity index (χ4v) is 2.02. The maximum absolute atomic E-state index is 10.9. The largest absolute Gasteiger partial charge is 0.478 e. The first-order valence-electron chi connectivity index (χ1n) is 6.11. The average molecular weight is 304 g/mol. The number of aryl methyl sites for hydroxylation is 1. The molecule has 0 fully saturated rings. The van der Waals surface area contributed by atoms with Gasteiger partial charge in [0.15, 0.2) is 5.58 Å². The molecule has 1 heterocycles. The van der Waals surface area contributed by atoms with Gasteiger partial charge < -0.3 is 14.3 Å². The van der Waals surface area contributed by atoms with Crippen LogP contribution in [0.3, 0.4) is 0 Å². The Kier molecular flexibility index (Phi) is 3.27. The summed E-state index contributed by atoms with van der Waals surface area (Å²) in [6.45, 7) is 1.87. The highest BCUT2D eigenvalue weighted by Crippen LogP contribution is 2.29. The van der Waals surface area contributed by atoms with Crippen LogP contribution in [0.5, 0.6) is 11.8 Å². The number of carboxylic acids is 1. The normalized spacial score (nSPS) is 10.8. The number of carbonyl (C=O) groups is 1. The molecule has 0 unspecified atom stereocenters. The van der Waals surface area contributed by atoms with Crippen LogP contribution in [-0.2, 0) is 0 Å². The number of benzene rings is 2. The van der Waals surface area contributed by atoms with E-state index in [1.807, 2.05) is 13.0 Å². The molecule has 0 amide bonds. The molecule has 106 valence electrons. The number of hydrogen-bond acceptors (Lipinski definition) is 4. The lowest BCUT2D eigenvalue weighted by Crippen LogP contribution is -1.94. The predicted octanol–water partition coefficient (Wildman–Crippen LogP) is 4.28. The van der Waals surface area contributed by atoms with E-state index in [1.54, 1.807) is 18.2 Å². The van der Waals surface area contributed by atoms with Crippen LogP contribution >= 0.6 is 11.6 Å². The lowest BCUT2D eigenvalue weighted by Gasteiger charge is -2.04. The van der Waals surface area contributed by atoms with Gasteiger partial charge in [-0.05, 0) is 42.8 Å². The van der Waals surface area contributed by atoms with Crippen molar-refractivity contribution in [2.75, 3.05) is 0 Å². The molecule has 0 aliphatic carbocycles. The monoisotopic (exact) mass is 303 g/mol. The average Bonchev–Trinajstić information content (AvgIpc) is 2.84. The van der Waals surface area contributed by atoms with Gasteiger partial charge in [0.05, 0.1) is 5.56 Å². The number of carboxylic acid groups (broad SMARTS) is 1. The van der Waals surface area contributed by atoms with Crippen molar-refractivity contribution < 1.29 is 19.1 Å². The van der Waals surface area contributed by atoms with Crippen molar-refractivity contribution in [1.82, 2.24) is 4.98 Å². The Bertz CT molecular complexity index is 841. The Morgan fingerprint density at radius 3 is 2.86 bits per heavy atom. The van der Waals surface area contributed by atoms with E-state index in [1.165, 1.54) is 12.1 Å². The topological polar surface area (TPSA) is 72.6 Å². The fraction of sp³-hybridized carbons (Fsp3) is 0.0667. The van der Waals surface area contributed by atoms with Gasteiger partial charge in [0.1, 0.15) is 11.3 Å². The molecule has 5 nitrogen and oxygen atoms in total. The number of aromatic nitrogens is 1. The molecule has 0 aliphatic rings. The molecule has 0 saturated carbocycles. The smallest absolute Gasteiger partial charge is 0.400 e. The molecule has 3 rings (SSSR count). The van der Waals surface area contributed by atoms with Crippen LogP contribution in [0.25, 0.3) is 11.1 Å². The van der Waals surface area contributed by atoms with E-state index < -0.39 is 5.97 Å². The number of oxazole rings is 1. The van der Waals surface area contributed by atoms with Crippen molar-refractivity contribution in [2.45, 2.75) is 6.92 Å². The first-order chi connectivity index (χ1) is 10.0. The van der Waals surface area contributed by atoms with E-state index in [0.29, 0.717) is 21.9 Å². The molecular weight excluding hydrogens is 294 g/mol. The number of rotatable bonds is 3. The summed E-state index contributed by atoms with van der Waals surface area (Å²) in [6, 6.07) is 9.68. The van der Waals surface area contributed by atoms with Crippen molar-refractivity contribution in [2.24, 2.45) is 0 Å². The summed E-state index contributed by atoms with van der Waals surface area (Å²) in [5, 5.41) is 9.49. The second-order valence-electron chi connectivity index (χ2n) is 4.48. The van der Waals surface area contributed by atoms with Gasteiger partial charge in [0, 0.05) is 5.02 Å². The van der Waals surface area contributed by atoms with E-state index in [2.05, 4.69) is 4.98 Å². The number of halogens is 1. The molecule has 3 aromatic rings. The highest BCUT2D eigenvalue weighted by Gasteiger charge is 2.12. The van der Waals surface area contributed by atoms with Crippen LogP contribution in [0.1, 0.15) is 15.9 Å². The Hall–Kier alpha value is -2.53. The third kappa shape index (κ3) is 2.68. The Balaban J connectivity index is 1.97. The molecule has 2 aromatic carbocycles. The SMILES string of the molecule is Cc1ccc(Cl)cc1Oc1nc2ccc(C(=O)O)cc2o1. The molecule has 1 N–H and O–H groups in total. The van der Waals surface area contributed by atoms with Crippen LogP contribution in [-0.4, -0.2) is 16.1 Å². The lowest BCUT2D eigenvalue weighted by atomic mass is 10.2. The van der Waals surface area contributed by atoms with Crippen molar-refractivity contribution >= 4 is 28.7 Å². The second-order valence-corrected chi connectivity index (χ2v) is 4.92. The summed E-state index contributed by atoms with van der Waals surface area (Å²) in [4.78, 5) is 15.1. The summed E-state index contributed by atoms with van der Waals surface area (Å²) < 4.78 is 11.0. The first-order valence-corrected chi connectivity index (χ1v) is 6.48. The van der Waals surface area contributed by atoms with Gasteiger partial charge in [-0.3, -0.25) is 0 Å². The van der Waals surface area contributed by atoms with Crippen LogP contribution in [0.2, 0.25) is 5.02 Å². The zero-order chi connectivity index (χ0) is 15.0. The summed E-state index contributed by atoms with van der Waals surface area (Å²) >= 11 is 5.92. The summed E-state index contributed by atoms with van der Waals surface area (Å²) in [5.74, 6) is -0.492. The van der Waals surface area contributed by atoms with Crippen LogP contribution in [0.15, 0.2) is 40.8 Å². The maximum Gasteiger partial charge on any atom is 0.400 e. The Labute approximate surface area is 124 Å². The van der Waals surface area contributed by atoms with Gasteiger partial charge in [-0.15, -0.1) is 0 Å². The molecule has 0 aliphatic heterocycles. The third-order valence-corrected chi connectivity index (χ3v) is 3.20. The minimum Gasteiger partial charge on any atom is -0.478 e.